The summed E-state index contributed by atoms with van der Waals surface area (Å²) in [7, 11) is 0. The molecule has 0 spiro atoms. The summed E-state index contributed by atoms with van der Waals surface area (Å²) < 4.78 is 13.1. The van der Waals surface area contributed by atoms with E-state index in [4.69, 9.17) is 5.11 Å². The molecule has 1 heterocycles. The van der Waals surface area contributed by atoms with Crippen LogP contribution in [0.15, 0.2) is 30.3 Å². The number of amides is 1. The number of benzene rings is 1. The highest BCUT2D eigenvalue weighted by Gasteiger charge is 2.22. The number of thiophene rings is 1. The van der Waals surface area contributed by atoms with Gasteiger partial charge in [0.05, 0.1) is 17.3 Å². The van der Waals surface area contributed by atoms with E-state index in [0.29, 0.717) is 10.4 Å². The molecule has 0 fully saturated rings. The Hall–Kier alpha value is -2.21. The fourth-order valence-corrected chi connectivity index (χ4v) is 4.11. The van der Waals surface area contributed by atoms with E-state index in [-0.39, 0.29) is 12.3 Å². The number of rotatable bonds is 5. The smallest absolute Gasteiger partial charge is 0.305 e. The Morgan fingerprint density at radius 1 is 1.21 bits per heavy atom. The lowest BCUT2D eigenvalue weighted by Gasteiger charge is -2.17. The van der Waals surface area contributed by atoms with Gasteiger partial charge in [0.15, 0.2) is 0 Å². The number of hydrogen-bond donors (Lipinski definition) is 2. The molecule has 1 aromatic carbocycles. The number of nitrogens with one attached hydrogen (secondary N) is 1. The minimum atomic E-state index is -1.02. The quantitative estimate of drug-likeness (QED) is 0.866. The maximum Gasteiger partial charge on any atom is 0.305 e. The van der Waals surface area contributed by atoms with Gasteiger partial charge in [0.2, 0.25) is 0 Å². The first-order valence-electron chi connectivity index (χ1n) is 7.92. The maximum atomic E-state index is 13.1. The van der Waals surface area contributed by atoms with Crippen molar-refractivity contribution in [1.82, 2.24) is 5.32 Å². The fourth-order valence-electron chi connectivity index (χ4n) is 2.95. The normalized spacial score (nSPS) is 14.7. The van der Waals surface area contributed by atoms with Crippen molar-refractivity contribution in [2.75, 3.05) is 0 Å². The fraction of sp³-hybridized carbons (Fsp3) is 0.333. The number of carboxylic acids is 1. The first kappa shape index (κ1) is 16.6. The van der Waals surface area contributed by atoms with E-state index in [9.17, 15) is 14.0 Å². The lowest BCUT2D eigenvalue weighted by atomic mass is 9.99. The molecule has 0 aliphatic heterocycles. The Bertz CT molecular complexity index is 731. The largest absolute Gasteiger partial charge is 0.481 e. The van der Waals surface area contributed by atoms with Gasteiger partial charge in [0.25, 0.3) is 5.91 Å². The van der Waals surface area contributed by atoms with Crippen molar-refractivity contribution in [2.24, 2.45) is 0 Å². The van der Waals surface area contributed by atoms with Gasteiger partial charge in [-0.1, -0.05) is 12.1 Å². The predicted octanol–water partition coefficient (Wildman–Crippen LogP) is 3.71. The highest BCUT2D eigenvalue weighted by Crippen LogP contribution is 2.30. The molecule has 0 saturated heterocycles. The summed E-state index contributed by atoms with van der Waals surface area (Å²) in [5, 5.41) is 11.9. The van der Waals surface area contributed by atoms with Crippen molar-refractivity contribution in [3.63, 3.8) is 0 Å². The van der Waals surface area contributed by atoms with E-state index in [2.05, 4.69) is 5.32 Å². The number of aryl methyl sites for hydroxylation is 2. The second-order valence-electron chi connectivity index (χ2n) is 5.94. The Kier molecular flexibility index (Phi) is 4.94. The number of carbonyl (C=O) groups excluding carboxylic acids is 1. The van der Waals surface area contributed by atoms with E-state index in [1.807, 2.05) is 6.07 Å². The van der Waals surface area contributed by atoms with Crippen LogP contribution >= 0.6 is 11.3 Å². The van der Waals surface area contributed by atoms with Crippen LogP contribution in [-0.2, 0) is 17.6 Å². The van der Waals surface area contributed by atoms with Gasteiger partial charge in [-0.3, -0.25) is 9.59 Å². The lowest BCUT2D eigenvalue weighted by molar-refractivity contribution is -0.137. The van der Waals surface area contributed by atoms with Crippen LogP contribution in [0, 0.1) is 5.82 Å². The second kappa shape index (κ2) is 7.13. The summed E-state index contributed by atoms with van der Waals surface area (Å²) in [6.07, 6.45) is 4.04. The first-order valence-corrected chi connectivity index (χ1v) is 8.74. The van der Waals surface area contributed by atoms with Crippen LogP contribution < -0.4 is 5.32 Å². The van der Waals surface area contributed by atoms with E-state index in [1.54, 1.807) is 0 Å². The standard InChI is InChI=1S/C18H18FNO3S/c19-13-7-5-11(6-8-13)14(10-17(21)22)20-18(23)16-9-12-3-1-2-4-15(12)24-16/h5-9,14H,1-4,10H2,(H,20,23)(H,21,22). The van der Waals surface area contributed by atoms with Crippen LogP contribution in [0.1, 0.15) is 51.0 Å². The predicted molar refractivity (Wildman–Crippen MR) is 89.8 cm³/mol. The molecule has 126 valence electrons. The number of carbonyl (C=O) groups is 2. The Morgan fingerprint density at radius 2 is 1.92 bits per heavy atom. The summed E-state index contributed by atoms with van der Waals surface area (Å²) >= 11 is 1.48. The van der Waals surface area contributed by atoms with Crippen LogP contribution in [0.5, 0.6) is 0 Å². The molecule has 1 aliphatic rings. The van der Waals surface area contributed by atoms with Crippen LogP contribution in [0.3, 0.4) is 0 Å². The molecule has 0 saturated carbocycles. The van der Waals surface area contributed by atoms with Gasteiger partial charge in [0.1, 0.15) is 5.82 Å². The summed E-state index contributed by atoms with van der Waals surface area (Å²) in [6.45, 7) is 0. The van der Waals surface area contributed by atoms with Crippen molar-refractivity contribution < 1.29 is 19.1 Å². The summed E-state index contributed by atoms with van der Waals surface area (Å²) in [5.41, 5.74) is 1.81. The summed E-state index contributed by atoms with van der Waals surface area (Å²) in [5.74, 6) is -1.69. The van der Waals surface area contributed by atoms with Gasteiger partial charge in [-0.2, -0.15) is 0 Å². The molecule has 0 bridgehead atoms. The minimum Gasteiger partial charge on any atom is -0.481 e. The molecular weight excluding hydrogens is 329 g/mol. The van der Waals surface area contributed by atoms with Crippen LogP contribution in [0.25, 0.3) is 0 Å². The third kappa shape index (κ3) is 3.82. The molecule has 6 heteroatoms. The minimum absolute atomic E-state index is 0.248. The van der Waals surface area contributed by atoms with Gasteiger partial charge in [-0.25, -0.2) is 4.39 Å². The zero-order chi connectivity index (χ0) is 17.1. The van der Waals surface area contributed by atoms with Crippen molar-refractivity contribution in [3.05, 3.63) is 57.0 Å². The molecule has 1 unspecified atom stereocenters. The van der Waals surface area contributed by atoms with E-state index in [0.717, 1.165) is 25.7 Å². The zero-order valence-electron chi connectivity index (χ0n) is 13.0. The first-order chi connectivity index (χ1) is 11.5. The molecule has 1 aromatic heterocycles. The van der Waals surface area contributed by atoms with E-state index >= 15 is 0 Å². The topological polar surface area (TPSA) is 66.4 Å². The number of halogens is 1. The molecule has 3 rings (SSSR count). The molecule has 1 aliphatic carbocycles. The van der Waals surface area contributed by atoms with Crippen molar-refractivity contribution in [3.8, 4) is 0 Å². The van der Waals surface area contributed by atoms with Crippen LogP contribution in [-0.4, -0.2) is 17.0 Å². The number of carboxylic acid groups (broad SMARTS) is 1. The summed E-state index contributed by atoms with van der Waals surface area (Å²) in [4.78, 5) is 25.5. The van der Waals surface area contributed by atoms with Gasteiger partial charge >= 0.3 is 5.97 Å². The second-order valence-corrected chi connectivity index (χ2v) is 7.08. The average molecular weight is 347 g/mol. The van der Waals surface area contributed by atoms with Gasteiger partial charge in [-0.05, 0) is 55.0 Å². The van der Waals surface area contributed by atoms with Crippen molar-refractivity contribution >= 4 is 23.2 Å². The van der Waals surface area contributed by atoms with Crippen LogP contribution in [0.4, 0.5) is 4.39 Å². The van der Waals surface area contributed by atoms with Gasteiger partial charge in [-0.15, -0.1) is 11.3 Å². The molecule has 1 amide bonds. The molecule has 2 N–H and O–H groups in total. The number of hydrogen-bond acceptors (Lipinski definition) is 3. The SMILES string of the molecule is O=C(O)CC(NC(=O)c1cc2c(s1)CCCC2)c1ccc(F)cc1. The molecular formula is C18H18FNO3S. The molecule has 24 heavy (non-hydrogen) atoms. The lowest BCUT2D eigenvalue weighted by Crippen LogP contribution is -2.29. The Morgan fingerprint density at radius 3 is 2.58 bits per heavy atom. The van der Waals surface area contributed by atoms with Gasteiger partial charge < -0.3 is 10.4 Å². The molecule has 2 aromatic rings. The summed E-state index contributed by atoms with van der Waals surface area (Å²) in [6, 6.07) is 6.76. The van der Waals surface area contributed by atoms with E-state index in [1.165, 1.54) is 46.0 Å². The highest BCUT2D eigenvalue weighted by atomic mass is 32.1. The molecule has 1 atom stereocenters. The van der Waals surface area contributed by atoms with Crippen molar-refractivity contribution in [2.45, 2.75) is 38.1 Å². The highest BCUT2D eigenvalue weighted by molar-refractivity contribution is 7.14. The maximum absolute atomic E-state index is 13.1. The van der Waals surface area contributed by atoms with E-state index < -0.39 is 17.8 Å². The third-order valence-electron chi connectivity index (χ3n) is 4.18. The van der Waals surface area contributed by atoms with Crippen LogP contribution in [0.2, 0.25) is 0 Å². The Balaban J connectivity index is 1.78. The average Bonchev–Trinajstić information content (AvgIpc) is 2.98. The molecule has 0 radical (unpaired) electrons. The number of fused-ring (bicyclic) bond motifs is 1. The van der Waals surface area contributed by atoms with Crippen molar-refractivity contribution in [1.29, 1.82) is 0 Å². The zero-order valence-corrected chi connectivity index (χ0v) is 13.9. The third-order valence-corrected chi connectivity index (χ3v) is 5.41. The monoisotopic (exact) mass is 347 g/mol. The number of aliphatic carboxylic acids is 1. The molecule has 4 nitrogen and oxygen atoms in total. The van der Waals surface area contributed by atoms with Gasteiger partial charge in [0, 0.05) is 4.88 Å². The Labute approximate surface area is 143 Å².